The maximum Gasteiger partial charge on any atom is 0.260 e. The van der Waals surface area contributed by atoms with Crippen molar-refractivity contribution in [1.82, 2.24) is 9.88 Å². The van der Waals surface area contributed by atoms with Gasteiger partial charge in [0, 0.05) is 24.0 Å². The van der Waals surface area contributed by atoms with Crippen LogP contribution in [0.25, 0.3) is 11.3 Å². The highest BCUT2D eigenvalue weighted by molar-refractivity contribution is 7.13. The number of fused-ring (bicyclic) bond motifs is 1. The zero-order valence-corrected chi connectivity index (χ0v) is 15.0. The Balaban J connectivity index is 1.35. The molecule has 0 atom stereocenters. The van der Waals surface area contributed by atoms with Crippen LogP contribution in [0.3, 0.4) is 0 Å². The normalized spacial score (nSPS) is 13.3. The zero-order valence-electron chi connectivity index (χ0n) is 14.2. The van der Waals surface area contributed by atoms with Crippen molar-refractivity contribution in [2.24, 2.45) is 0 Å². The predicted octanol–water partition coefficient (Wildman–Crippen LogP) is 3.36. The number of carbonyl (C=O) groups excluding carboxylic acids is 1. The number of aromatic nitrogens is 1. The van der Waals surface area contributed by atoms with E-state index in [1.165, 1.54) is 22.5 Å². The molecule has 1 aliphatic rings. The quantitative estimate of drug-likeness (QED) is 0.770. The number of carbonyl (C=O) groups is 1. The smallest absolute Gasteiger partial charge is 0.260 e. The summed E-state index contributed by atoms with van der Waals surface area (Å²) in [6.45, 7) is 1.44. The van der Waals surface area contributed by atoms with Crippen LogP contribution in [0.4, 0.5) is 5.13 Å². The summed E-state index contributed by atoms with van der Waals surface area (Å²) in [5.74, 6) is 0.679. The van der Waals surface area contributed by atoms with Crippen LogP contribution < -0.4 is 10.5 Å². The lowest BCUT2D eigenvalue weighted by Gasteiger charge is -2.28. The molecule has 0 fully saturated rings. The van der Waals surface area contributed by atoms with Crippen molar-refractivity contribution in [2.75, 3.05) is 18.9 Å². The van der Waals surface area contributed by atoms with Crippen LogP contribution >= 0.6 is 11.3 Å². The Hall–Kier alpha value is -2.86. The highest BCUT2D eigenvalue weighted by Crippen LogP contribution is 2.25. The summed E-state index contributed by atoms with van der Waals surface area (Å²) in [7, 11) is 0. The highest BCUT2D eigenvalue weighted by Gasteiger charge is 2.20. The first kappa shape index (κ1) is 16.6. The Kier molecular flexibility index (Phi) is 4.58. The Morgan fingerprint density at radius 1 is 1.15 bits per heavy atom. The maximum atomic E-state index is 12.5. The molecule has 0 aliphatic carbocycles. The second-order valence-corrected chi connectivity index (χ2v) is 7.11. The minimum Gasteiger partial charge on any atom is -0.484 e. The van der Waals surface area contributed by atoms with Crippen LogP contribution in [-0.4, -0.2) is 28.9 Å². The van der Waals surface area contributed by atoms with Crippen molar-refractivity contribution in [2.45, 2.75) is 13.0 Å². The highest BCUT2D eigenvalue weighted by atomic mass is 32.1. The number of benzene rings is 2. The number of amides is 1. The zero-order chi connectivity index (χ0) is 17.9. The largest absolute Gasteiger partial charge is 0.484 e. The van der Waals surface area contributed by atoms with E-state index in [1.807, 2.05) is 46.7 Å². The van der Waals surface area contributed by atoms with Crippen LogP contribution in [0.15, 0.2) is 53.9 Å². The van der Waals surface area contributed by atoms with Gasteiger partial charge >= 0.3 is 0 Å². The van der Waals surface area contributed by atoms with E-state index in [9.17, 15) is 4.79 Å². The van der Waals surface area contributed by atoms with Crippen molar-refractivity contribution in [3.8, 4) is 17.0 Å². The van der Waals surface area contributed by atoms with Gasteiger partial charge < -0.3 is 15.4 Å². The van der Waals surface area contributed by atoms with E-state index in [0.717, 1.165) is 24.2 Å². The Labute approximate surface area is 156 Å². The number of hydrogen-bond acceptors (Lipinski definition) is 5. The lowest BCUT2D eigenvalue weighted by atomic mass is 10.00. The first-order chi connectivity index (χ1) is 12.7. The number of ether oxygens (including phenoxy) is 1. The topological polar surface area (TPSA) is 68.5 Å². The fourth-order valence-electron chi connectivity index (χ4n) is 3.09. The van der Waals surface area contributed by atoms with E-state index < -0.39 is 0 Å². The minimum atomic E-state index is 0.0101. The van der Waals surface area contributed by atoms with Crippen LogP contribution in [0.5, 0.6) is 5.75 Å². The van der Waals surface area contributed by atoms with Gasteiger partial charge in [-0.3, -0.25) is 4.79 Å². The standard InChI is InChI=1S/C20H19N3O2S/c21-20-22-18(13-26-20)15-5-7-17(8-6-15)25-12-19(24)23-10-9-14-3-1-2-4-16(14)11-23/h1-8,13H,9-12H2,(H2,21,22). The van der Waals surface area contributed by atoms with Gasteiger partial charge in [-0.2, -0.15) is 0 Å². The fourth-order valence-corrected chi connectivity index (χ4v) is 3.66. The minimum absolute atomic E-state index is 0.0101. The lowest BCUT2D eigenvalue weighted by Crippen LogP contribution is -2.38. The van der Waals surface area contributed by atoms with Gasteiger partial charge in [-0.25, -0.2) is 4.98 Å². The molecule has 0 spiro atoms. The maximum absolute atomic E-state index is 12.5. The van der Waals surface area contributed by atoms with Gasteiger partial charge in [0.25, 0.3) is 5.91 Å². The molecule has 0 saturated carbocycles. The van der Waals surface area contributed by atoms with Crippen LogP contribution in [0.1, 0.15) is 11.1 Å². The second-order valence-electron chi connectivity index (χ2n) is 6.22. The van der Waals surface area contributed by atoms with E-state index in [4.69, 9.17) is 10.5 Å². The van der Waals surface area contributed by atoms with Gasteiger partial charge in [-0.05, 0) is 41.8 Å². The number of hydrogen-bond donors (Lipinski definition) is 1. The molecule has 1 aromatic heterocycles. The Bertz CT molecular complexity index is 921. The third-order valence-electron chi connectivity index (χ3n) is 4.52. The summed E-state index contributed by atoms with van der Waals surface area (Å²) in [6, 6.07) is 15.8. The molecule has 1 aliphatic heterocycles. The van der Waals surface area contributed by atoms with Gasteiger partial charge in [0.05, 0.1) is 5.69 Å². The SMILES string of the molecule is Nc1nc(-c2ccc(OCC(=O)N3CCc4ccccc4C3)cc2)cs1. The van der Waals surface area contributed by atoms with Crippen LogP contribution in [-0.2, 0) is 17.8 Å². The van der Waals surface area contributed by atoms with Crippen LogP contribution in [0.2, 0.25) is 0 Å². The summed E-state index contributed by atoms with van der Waals surface area (Å²) in [5.41, 5.74) is 10.0. The molecule has 0 radical (unpaired) electrons. The van der Waals surface area contributed by atoms with E-state index in [0.29, 0.717) is 17.4 Å². The number of anilines is 1. The molecule has 2 N–H and O–H groups in total. The first-order valence-corrected chi connectivity index (χ1v) is 9.36. The third-order valence-corrected chi connectivity index (χ3v) is 5.19. The molecule has 132 valence electrons. The Morgan fingerprint density at radius 3 is 2.65 bits per heavy atom. The molecule has 26 heavy (non-hydrogen) atoms. The van der Waals surface area contributed by atoms with E-state index >= 15 is 0 Å². The molecule has 1 amide bonds. The van der Waals surface area contributed by atoms with Crippen molar-refractivity contribution in [1.29, 1.82) is 0 Å². The number of thiazole rings is 1. The van der Waals surface area contributed by atoms with E-state index in [1.54, 1.807) is 0 Å². The molecule has 5 nitrogen and oxygen atoms in total. The van der Waals surface area contributed by atoms with Crippen molar-refractivity contribution in [3.63, 3.8) is 0 Å². The molecule has 4 rings (SSSR count). The van der Waals surface area contributed by atoms with Gasteiger partial charge in [0.2, 0.25) is 0 Å². The summed E-state index contributed by atoms with van der Waals surface area (Å²) in [4.78, 5) is 18.6. The first-order valence-electron chi connectivity index (χ1n) is 8.48. The van der Waals surface area contributed by atoms with Gasteiger partial charge in [-0.15, -0.1) is 11.3 Å². The van der Waals surface area contributed by atoms with Crippen LogP contribution in [0, 0.1) is 0 Å². The van der Waals surface area contributed by atoms with Crippen molar-refractivity contribution < 1.29 is 9.53 Å². The molecule has 2 heterocycles. The van der Waals surface area contributed by atoms with E-state index in [-0.39, 0.29) is 12.5 Å². The molecule has 0 saturated heterocycles. The monoisotopic (exact) mass is 365 g/mol. The molecule has 3 aromatic rings. The average Bonchev–Trinajstić information content (AvgIpc) is 3.12. The lowest BCUT2D eigenvalue weighted by molar-refractivity contribution is -0.134. The molecular formula is C20H19N3O2S. The number of rotatable bonds is 4. The van der Waals surface area contributed by atoms with Gasteiger partial charge in [-0.1, -0.05) is 24.3 Å². The molecule has 2 aromatic carbocycles. The molecule has 6 heteroatoms. The molecule has 0 unspecified atom stereocenters. The average molecular weight is 365 g/mol. The number of nitrogen functional groups attached to an aromatic ring is 1. The number of nitrogens with two attached hydrogens (primary N) is 1. The predicted molar refractivity (Wildman–Crippen MR) is 103 cm³/mol. The van der Waals surface area contributed by atoms with E-state index in [2.05, 4.69) is 17.1 Å². The second kappa shape index (κ2) is 7.17. The van der Waals surface area contributed by atoms with Crippen molar-refractivity contribution >= 4 is 22.4 Å². The third kappa shape index (κ3) is 3.55. The fraction of sp³-hybridized carbons (Fsp3) is 0.200. The molecular weight excluding hydrogens is 346 g/mol. The summed E-state index contributed by atoms with van der Waals surface area (Å²) >= 11 is 1.41. The van der Waals surface area contributed by atoms with Gasteiger partial charge in [0.15, 0.2) is 11.7 Å². The summed E-state index contributed by atoms with van der Waals surface area (Å²) in [5, 5.41) is 2.47. The van der Waals surface area contributed by atoms with Gasteiger partial charge in [0.1, 0.15) is 5.75 Å². The van der Waals surface area contributed by atoms with Crippen molar-refractivity contribution in [3.05, 3.63) is 65.0 Å². The molecule has 0 bridgehead atoms. The Morgan fingerprint density at radius 2 is 1.92 bits per heavy atom. The number of nitrogens with zero attached hydrogens (tertiary/aromatic N) is 2. The summed E-state index contributed by atoms with van der Waals surface area (Å²) < 4.78 is 5.67. The summed E-state index contributed by atoms with van der Waals surface area (Å²) in [6.07, 6.45) is 0.896.